The van der Waals surface area contributed by atoms with Gasteiger partial charge in [0.25, 0.3) is 5.56 Å². The fourth-order valence-corrected chi connectivity index (χ4v) is 6.04. The van der Waals surface area contributed by atoms with Crippen molar-refractivity contribution >= 4 is 17.7 Å². The Balaban J connectivity index is 1.13. The van der Waals surface area contributed by atoms with Gasteiger partial charge in [0.1, 0.15) is 18.1 Å². The lowest BCUT2D eigenvalue weighted by Crippen LogP contribution is -2.42. The molecule has 1 fully saturated rings. The van der Waals surface area contributed by atoms with Gasteiger partial charge in [0.2, 0.25) is 5.91 Å². The third-order valence-corrected chi connectivity index (χ3v) is 8.63. The Morgan fingerprint density at radius 3 is 2.60 bits per heavy atom. The number of alkyl halides is 3. The number of nitrogens with one attached hydrogen (secondary N) is 1. The van der Waals surface area contributed by atoms with Crippen molar-refractivity contribution in [2.24, 2.45) is 0 Å². The van der Waals surface area contributed by atoms with Crippen LogP contribution in [0, 0.1) is 11.8 Å². The van der Waals surface area contributed by atoms with Gasteiger partial charge < -0.3 is 20.1 Å². The first-order valence-electron chi connectivity index (χ1n) is 14.0. The summed E-state index contributed by atoms with van der Waals surface area (Å²) in [6.07, 6.45) is -0.409. The number of thioether (sulfide) groups is 1. The van der Waals surface area contributed by atoms with E-state index in [0.717, 1.165) is 31.4 Å². The molecule has 0 atom stereocenters. The SMILES string of the molecule is O=C(CCNCC#CCOc1ccc(C(F)(F)F)cc1)N1CCc2nc(SC3CCC3)n(-c3ccccc3O)c(=O)c2C1. The molecule has 1 amide bonds. The van der Waals surface area contributed by atoms with Crippen LogP contribution in [-0.2, 0) is 23.9 Å². The first-order valence-corrected chi connectivity index (χ1v) is 14.9. The van der Waals surface area contributed by atoms with Gasteiger partial charge in [0, 0.05) is 31.2 Å². The largest absolute Gasteiger partial charge is 0.506 e. The highest BCUT2D eigenvalue weighted by Gasteiger charge is 2.30. The number of fused-ring (bicyclic) bond motifs is 1. The van der Waals surface area contributed by atoms with E-state index in [0.29, 0.717) is 59.2 Å². The standard InChI is InChI=1S/C31H31F3N4O4S/c32-31(33,34)21-10-12-22(13-11-21)42-19-4-3-16-35-17-14-28(40)37-18-15-25-24(20-37)29(41)38(26-8-1-2-9-27(26)39)30(36-25)43-23-6-5-7-23/h1-2,8-13,23,35,39H,5-7,14-20H2. The zero-order valence-corrected chi connectivity index (χ0v) is 24.1. The van der Waals surface area contributed by atoms with Crippen LogP contribution in [0.15, 0.2) is 58.5 Å². The second-order valence-electron chi connectivity index (χ2n) is 10.3. The monoisotopic (exact) mass is 612 g/mol. The number of benzene rings is 2. The maximum absolute atomic E-state index is 13.8. The van der Waals surface area contributed by atoms with Crippen LogP contribution < -0.4 is 15.6 Å². The van der Waals surface area contributed by atoms with E-state index < -0.39 is 11.7 Å². The first-order chi connectivity index (χ1) is 20.7. The molecule has 2 N–H and O–H groups in total. The molecule has 2 aliphatic rings. The molecule has 0 radical (unpaired) electrons. The lowest BCUT2D eigenvalue weighted by atomic mass is 10.0. The number of carbonyl (C=O) groups is 1. The predicted molar refractivity (Wildman–Crippen MR) is 156 cm³/mol. The van der Waals surface area contributed by atoms with Crippen molar-refractivity contribution in [1.82, 2.24) is 19.8 Å². The van der Waals surface area contributed by atoms with Crippen LogP contribution in [-0.4, -0.2) is 57.0 Å². The molecule has 0 unspecified atom stereocenters. The zero-order chi connectivity index (χ0) is 30.4. The predicted octanol–water partition coefficient (Wildman–Crippen LogP) is 4.55. The first kappa shape index (κ1) is 30.5. The molecule has 8 nitrogen and oxygen atoms in total. The smallest absolute Gasteiger partial charge is 0.416 e. The highest BCUT2D eigenvalue weighted by Crippen LogP contribution is 2.37. The zero-order valence-electron chi connectivity index (χ0n) is 23.3. The summed E-state index contributed by atoms with van der Waals surface area (Å²) in [6, 6.07) is 11.1. The Labute approximate surface area is 251 Å². The average molecular weight is 613 g/mol. The van der Waals surface area contributed by atoms with Crippen LogP contribution in [0.1, 0.15) is 42.5 Å². The molecule has 43 heavy (non-hydrogen) atoms. The minimum atomic E-state index is -4.39. The molecule has 1 aliphatic heterocycles. The molecule has 226 valence electrons. The number of hydrogen-bond acceptors (Lipinski definition) is 7. The summed E-state index contributed by atoms with van der Waals surface area (Å²) in [4.78, 5) is 33.2. The summed E-state index contributed by atoms with van der Waals surface area (Å²) in [7, 11) is 0. The lowest BCUT2D eigenvalue weighted by Gasteiger charge is -2.30. The van der Waals surface area contributed by atoms with Gasteiger partial charge in [-0.15, -0.1) is 0 Å². The molecule has 1 aromatic heterocycles. The van der Waals surface area contributed by atoms with Gasteiger partial charge in [0.05, 0.1) is 35.6 Å². The summed E-state index contributed by atoms with van der Waals surface area (Å²) in [6.45, 7) is 1.33. The van der Waals surface area contributed by atoms with E-state index in [4.69, 9.17) is 9.72 Å². The molecule has 0 saturated heterocycles. The number of nitrogens with zero attached hydrogens (tertiary/aromatic N) is 3. The number of carbonyl (C=O) groups excluding carboxylic acids is 1. The molecule has 5 rings (SSSR count). The van der Waals surface area contributed by atoms with Crippen molar-refractivity contribution in [2.75, 3.05) is 26.2 Å². The molecule has 3 aromatic rings. The number of rotatable bonds is 9. The Kier molecular flexibility index (Phi) is 9.62. The van der Waals surface area contributed by atoms with Crippen LogP contribution in [0.25, 0.3) is 5.69 Å². The van der Waals surface area contributed by atoms with Crippen molar-refractivity contribution in [3.05, 3.63) is 75.7 Å². The minimum absolute atomic E-state index is 0.00845. The van der Waals surface area contributed by atoms with Gasteiger partial charge in [-0.05, 0) is 49.2 Å². The van der Waals surface area contributed by atoms with Gasteiger partial charge in [-0.25, -0.2) is 4.98 Å². The summed E-state index contributed by atoms with van der Waals surface area (Å²) in [5.74, 6) is 5.81. The van der Waals surface area contributed by atoms with E-state index in [9.17, 15) is 27.9 Å². The number of para-hydroxylation sites is 2. The van der Waals surface area contributed by atoms with Crippen LogP contribution >= 0.6 is 11.8 Å². The summed E-state index contributed by atoms with van der Waals surface area (Å²) >= 11 is 1.57. The van der Waals surface area contributed by atoms with E-state index in [1.54, 1.807) is 40.9 Å². The molecule has 2 aromatic carbocycles. The molecule has 1 saturated carbocycles. The van der Waals surface area contributed by atoms with Crippen LogP contribution in [0.2, 0.25) is 0 Å². The molecule has 0 bridgehead atoms. The minimum Gasteiger partial charge on any atom is -0.506 e. The highest BCUT2D eigenvalue weighted by atomic mass is 32.2. The molecular weight excluding hydrogens is 581 g/mol. The van der Waals surface area contributed by atoms with Gasteiger partial charge in [-0.1, -0.05) is 42.2 Å². The van der Waals surface area contributed by atoms with Gasteiger partial charge in [-0.3, -0.25) is 14.2 Å². The van der Waals surface area contributed by atoms with Gasteiger partial charge in [-0.2, -0.15) is 13.2 Å². The van der Waals surface area contributed by atoms with Crippen molar-refractivity contribution in [2.45, 2.75) is 55.2 Å². The fraction of sp³-hybridized carbons (Fsp3) is 0.387. The Morgan fingerprint density at radius 1 is 1.14 bits per heavy atom. The van der Waals surface area contributed by atoms with Crippen LogP contribution in [0.3, 0.4) is 0 Å². The number of aromatic nitrogens is 2. The van der Waals surface area contributed by atoms with Gasteiger partial charge >= 0.3 is 6.18 Å². The number of phenols is 1. The number of aromatic hydroxyl groups is 1. The summed E-state index contributed by atoms with van der Waals surface area (Å²) in [5.41, 5.74) is 0.537. The van der Waals surface area contributed by atoms with E-state index in [1.807, 2.05) is 0 Å². The number of phenolic OH excluding ortho intramolecular Hbond substituents is 1. The average Bonchev–Trinajstić information content (AvgIpc) is 2.96. The fourth-order valence-electron chi connectivity index (χ4n) is 4.73. The number of hydrogen-bond donors (Lipinski definition) is 2. The maximum atomic E-state index is 13.8. The second kappa shape index (κ2) is 13.6. The third kappa shape index (κ3) is 7.53. The van der Waals surface area contributed by atoms with Crippen molar-refractivity contribution < 1.29 is 27.8 Å². The summed E-state index contributed by atoms with van der Waals surface area (Å²) < 4.78 is 44.7. The van der Waals surface area contributed by atoms with E-state index in [2.05, 4.69) is 17.2 Å². The molecule has 1 aliphatic carbocycles. The van der Waals surface area contributed by atoms with E-state index in [-0.39, 0.29) is 36.8 Å². The number of halogens is 3. The van der Waals surface area contributed by atoms with E-state index in [1.165, 1.54) is 16.7 Å². The summed E-state index contributed by atoms with van der Waals surface area (Å²) in [5, 5.41) is 14.6. The molecule has 2 heterocycles. The molecular formula is C31H31F3N4O4S. The van der Waals surface area contributed by atoms with Crippen LogP contribution in [0.4, 0.5) is 13.2 Å². The van der Waals surface area contributed by atoms with Gasteiger partial charge in [0.15, 0.2) is 5.16 Å². The second-order valence-corrected chi connectivity index (χ2v) is 11.5. The number of amides is 1. The third-order valence-electron chi connectivity index (χ3n) is 7.35. The lowest BCUT2D eigenvalue weighted by molar-refractivity contribution is -0.137. The normalized spacial score (nSPS) is 14.8. The Bertz CT molecular complexity index is 1580. The molecule has 0 spiro atoms. The van der Waals surface area contributed by atoms with Crippen molar-refractivity contribution in [3.63, 3.8) is 0 Å². The van der Waals surface area contributed by atoms with Crippen molar-refractivity contribution in [3.8, 4) is 29.0 Å². The maximum Gasteiger partial charge on any atom is 0.416 e. The van der Waals surface area contributed by atoms with E-state index >= 15 is 0 Å². The number of ether oxygens (including phenoxy) is 1. The van der Waals surface area contributed by atoms with Crippen molar-refractivity contribution in [1.29, 1.82) is 0 Å². The quantitative estimate of drug-likeness (QED) is 0.208. The highest BCUT2D eigenvalue weighted by molar-refractivity contribution is 7.99. The topological polar surface area (TPSA) is 96.7 Å². The Hall–Kier alpha value is -3.95. The van der Waals surface area contributed by atoms with Crippen LogP contribution in [0.5, 0.6) is 11.5 Å². The molecule has 12 heteroatoms. The Morgan fingerprint density at radius 2 is 1.91 bits per heavy atom.